The predicted molar refractivity (Wildman–Crippen MR) is 83.6 cm³/mol. The van der Waals surface area contributed by atoms with Crippen molar-refractivity contribution in [3.63, 3.8) is 0 Å². The van der Waals surface area contributed by atoms with E-state index in [9.17, 15) is 5.11 Å². The van der Waals surface area contributed by atoms with Crippen molar-refractivity contribution < 1.29 is 9.84 Å². The SMILES string of the molecule is Cc1c(Cl)c(CN2CCOCC2CO)nc2ccccc12. The van der Waals surface area contributed by atoms with E-state index in [1.54, 1.807) is 0 Å². The molecule has 1 N–H and O–H groups in total. The van der Waals surface area contributed by atoms with Crippen molar-refractivity contribution in [2.45, 2.75) is 19.5 Å². The number of morpholine rings is 1. The Morgan fingerprint density at radius 3 is 3.05 bits per heavy atom. The van der Waals surface area contributed by atoms with Crippen molar-refractivity contribution in [1.29, 1.82) is 0 Å². The molecule has 0 aliphatic carbocycles. The van der Waals surface area contributed by atoms with Gasteiger partial charge in [0.25, 0.3) is 0 Å². The number of halogens is 1. The van der Waals surface area contributed by atoms with Crippen LogP contribution < -0.4 is 0 Å². The van der Waals surface area contributed by atoms with Gasteiger partial charge in [0, 0.05) is 18.5 Å². The van der Waals surface area contributed by atoms with Crippen LogP contribution in [-0.2, 0) is 11.3 Å². The number of aliphatic hydroxyl groups is 1. The molecule has 1 aliphatic rings. The number of ether oxygens (including phenoxy) is 1. The average Bonchev–Trinajstić information content (AvgIpc) is 2.53. The maximum atomic E-state index is 9.46. The summed E-state index contributed by atoms with van der Waals surface area (Å²) in [5.74, 6) is 0. The molecule has 0 radical (unpaired) electrons. The smallest absolute Gasteiger partial charge is 0.0740 e. The highest BCUT2D eigenvalue weighted by Crippen LogP contribution is 2.28. The first-order chi connectivity index (χ1) is 10.2. The van der Waals surface area contributed by atoms with Crippen molar-refractivity contribution >= 4 is 22.5 Å². The number of hydrogen-bond donors (Lipinski definition) is 1. The summed E-state index contributed by atoms with van der Waals surface area (Å²) in [5.41, 5.74) is 2.89. The number of aliphatic hydroxyl groups excluding tert-OH is 1. The molecule has 1 aliphatic heterocycles. The summed E-state index contributed by atoms with van der Waals surface area (Å²) in [5, 5.41) is 11.3. The average molecular weight is 307 g/mol. The van der Waals surface area contributed by atoms with Gasteiger partial charge in [0.15, 0.2) is 0 Å². The molecule has 1 atom stereocenters. The number of pyridine rings is 1. The molecule has 1 fully saturated rings. The molecule has 4 nitrogen and oxygen atoms in total. The highest BCUT2D eigenvalue weighted by Gasteiger charge is 2.24. The quantitative estimate of drug-likeness (QED) is 0.946. The van der Waals surface area contributed by atoms with Gasteiger partial charge in [-0.05, 0) is 18.6 Å². The van der Waals surface area contributed by atoms with Gasteiger partial charge in [-0.3, -0.25) is 4.90 Å². The van der Waals surface area contributed by atoms with Gasteiger partial charge in [-0.25, -0.2) is 4.98 Å². The van der Waals surface area contributed by atoms with Gasteiger partial charge in [-0.2, -0.15) is 0 Å². The Balaban J connectivity index is 1.94. The van der Waals surface area contributed by atoms with Crippen LogP contribution in [0.2, 0.25) is 5.02 Å². The van der Waals surface area contributed by atoms with E-state index in [0.29, 0.717) is 19.8 Å². The van der Waals surface area contributed by atoms with E-state index < -0.39 is 0 Å². The number of fused-ring (bicyclic) bond motifs is 1. The molecule has 1 aromatic heterocycles. The van der Waals surface area contributed by atoms with Gasteiger partial charge in [0.2, 0.25) is 0 Å². The van der Waals surface area contributed by atoms with E-state index in [2.05, 4.69) is 4.90 Å². The Bertz CT molecular complexity index is 647. The van der Waals surface area contributed by atoms with Gasteiger partial charge in [-0.1, -0.05) is 29.8 Å². The van der Waals surface area contributed by atoms with Crippen LogP contribution >= 0.6 is 11.6 Å². The maximum absolute atomic E-state index is 9.46. The zero-order valence-electron chi connectivity index (χ0n) is 12.1. The zero-order valence-corrected chi connectivity index (χ0v) is 12.8. The normalized spacial score (nSPS) is 20.0. The summed E-state index contributed by atoms with van der Waals surface area (Å²) in [6, 6.07) is 8.04. The second-order valence-corrected chi connectivity index (χ2v) is 5.77. The van der Waals surface area contributed by atoms with Crippen molar-refractivity contribution in [3.8, 4) is 0 Å². The minimum Gasteiger partial charge on any atom is -0.395 e. The number of para-hydroxylation sites is 1. The molecule has 2 aromatic rings. The number of rotatable bonds is 3. The van der Waals surface area contributed by atoms with Crippen LogP contribution in [-0.4, -0.2) is 47.4 Å². The summed E-state index contributed by atoms with van der Waals surface area (Å²) in [4.78, 5) is 6.89. The Hall–Kier alpha value is -1.20. The number of hydrogen-bond acceptors (Lipinski definition) is 4. The molecule has 21 heavy (non-hydrogen) atoms. The lowest BCUT2D eigenvalue weighted by Gasteiger charge is -2.34. The molecule has 0 saturated carbocycles. The Morgan fingerprint density at radius 1 is 1.43 bits per heavy atom. The lowest BCUT2D eigenvalue weighted by molar-refractivity contribution is -0.0317. The van der Waals surface area contributed by atoms with Crippen molar-refractivity contribution in [1.82, 2.24) is 9.88 Å². The van der Waals surface area contributed by atoms with Crippen LogP contribution in [0.15, 0.2) is 24.3 Å². The van der Waals surface area contributed by atoms with Crippen molar-refractivity contribution in [2.24, 2.45) is 0 Å². The highest BCUT2D eigenvalue weighted by molar-refractivity contribution is 6.32. The number of benzene rings is 1. The van der Waals surface area contributed by atoms with Crippen LogP contribution in [0.25, 0.3) is 10.9 Å². The third-order valence-corrected chi connectivity index (χ3v) is 4.56. The number of aryl methyl sites for hydroxylation is 1. The first-order valence-electron chi connectivity index (χ1n) is 7.17. The summed E-state index contributed by atoms with van der Waals surface area (Å²) in [6.07, 6.45) is 0. The van der Waals surface area contributed by atoms with Crippen molar-refractivity contribution in [3.05, 3.63) is 40.5 Å². The van der Waals surface area contributed by atoms with E-state index >= 15 is 0 Å². The van der Waals surface area contributed by atoms with Gasteiger partial charge < -0.3 is 9.84 Å². The monoisotopic (exact) mass is 306 g/mol. The Labute approximate surface area is 129 Å². The summed E-state index contributed by atoms with van der Waals surface area (Å²) < 4.78 is 5.41. The van der Waals surface area contributed by atoms with E-state index in [0.717, 1.165) is 33.7 Å². The predicted octanol–water partition coefficient (Wildman–Crippen LogP) is 2.39. The molecular weight excluding hydrogens is 288 g/mol. The lowest BCUT2D eigenvalue weighted by atomic mass is 10.1. The number of aromatic nitrogens is 1. The molecule has 0 spiro atoms. The summed E-state index contributed by atoms with van der Waals surface area (Å²) in [7, 11) is 0. The molecule has 3 rings (SSSR count). The Morgan fingerprint density at radius 2 is 2.24 bits per heavy atom. The second-order valence-electron chi connectivity index (χ2n) is 5.40. The van der Waals surface area contributed by atoms with Crippen LogP contribution in [0.4, 0.5) is 0 Å². The van der Waals surface area contributed by atoms with E-state index in [1.807, 2.05) is 31.2 Å². The van der Waals surface area contributed by atoms with Crippen LogP contribution in [0.5, 0.6) is 0 Å². The molecule has 2 heterocycles. The van der Waals surface area contributed by atoms with Gasteiger partial charge >= 0.3 is 0 Å². The molecule has 1 unspecified atom stereocenters. The second kappa shape index (κ2) is 6.28. The van der Waals surface area contributed by atoms with Crippen LogP contribution in [0, 0.1) is 6.92 Å². The van der Waals surface area contributed by atoms with Gasteiger partial charge in [0.1, 0.15) is 0 Å². The first kappa shape index (κ1) is 14.7. The molecule has 0 amide bonds. The largest absolute Gasteiger partial charge is 0.395 e. The first-order valence-corrected chi connectivity index (χ1v) is 7.55. The third-order valence-electron chi connectivity index (χ3n) is 4.06. The standard InChI is InChI=1S/C16H19ClN2O2/c1-11-13-4-2-3-5-14(13)18-15(16(11)17)8-19-6-7-21-10-12(19)9-20/h2-5,12,20H,6-10H2,1H3. The molecule has 1 saturated heterocycles. The van der Waals surface area contributed by atoms with Crippen LogP contribution in [0.1, 0.15) is 11.3 Å². The molecule has 1 aromatic carbocycles. The zero-order chi connectivity index (χ0) is 14.8. The third kappa shape index (κ3) is 2.90. The van der Waals surface area contributed by atoms with Gasteiger partial charge in [-0.15, -0.1) is 0 Å². The highest BCUT2D eigenvalue weighted by atomic mass is 35.5. The fraction of sp³-hybridized carbons (Fsp3) is 0.438. The molecule has 0 bridgehead atoms. The Kier molecular flexibility index (Phi) is 4.40. The molecule has 112 valence electrons. The molecular formula is C16H19ClN2O2. The number of nitrogens with zero attached hydrogens (tertiary/aromatic N) is 2. The maximum Gasteiger partial charge on any atom is 0.0740 e. The van der Waals surface area contributed by atoms with E-state index in [-0.39, 0.29) is 12.6 Å². The topological polar surface area (TPSA) is 45.6 Å². The fourth-order valence-electron chi connectivity index (χ4n) is 2.78. The summed E-state index contributed by atoms with van der Waals surface area (Å²) in [6.45, 7) is 4.78. The molecule has 5 heteroatoms. The fourth-order valence-corrected chi connectivity index (χ4v) is 2.98. The van der Waals surface area contributed by atoms with E-state index in [4.69, 9.17) is 21.3 Å². The minimum absolute atomic E-state index is 0.0170. The lowest BCUT2D eigenvalue weighted by Crippen LogP contribution is -2.47. The summed E-state index contributed by atoms with van der Waals surface area (Å²) >= 11 is 6.50. The van der Waals surface area contributed by atoms with Crippen LogP contribution in [0.3, 0.4) is 0 Å². The van der Waals surface area contributed by atoms with Crippen molar-refractivity contribution in [2.75, 3.05) is 26.4 Å². The van der Waals surface area contributed by atoms with E-state index in [1.165, 1.54) is 0 Å². The minimum atomic E-state index is 0.0170. The van der Waals surface area contributed by atoms with Gasteiger partial charge in [0.05, 0.1) is 42.1 Å².